The first-order valence-electron chi connectivity index (χ1n) is 6.77. The molecule has 20 heavy (non-hydrogen) atoms. The first kappa shape index (κ1) is 11.5. The fourth-order valence-corrected chi connectivity index (χ4v) is 2.41. The Hall–Kier alpha value is -2.37. The van der Waals surface area contributed by atoms with Crippen LogP contribution in [0.4, 0.5) is 5.82 Å². The molecule has 1 saturated heterocycles. The van der Waals surface area contributed by atoms with E-state index in [1.807, 2.05) is 32.0 Å². The van der Waals surface area contributed by atoms with Crippen LogP contribution in [0.15, 0.2) is 22.6 Å². The number of fused-ring (bicyclic) bond motifs is 1. The summed E-state index contributed by atoms with van der Waals surface area (Å²) in [5.74, 6) is 3.97. The van der Waals surface area contributed by atoms with Crippen molar-refractivity contribution in [2.75, 3.05) is 18.0 Å². The van der Waals surface area contributed by atoms with E-state index < -0.39 is 0 Å². The normalized spacial score (nSPS) is 14.8. The molecule has 0 unspecified atom stereocenters. The molecule has 1 aliphatic heterocycles. The van der Waals surface area contributed by atoms with Gasteiger partial charge in [0, 0.05) is 19.2 Å². The van der Waals surface area contributed by atoms with Crippen LogP contribution in [0.3, 0.4) is 0 Å². The van der Waals surface area contributed by atoms with E-state index in [2.05, 4.69) is 15.0 Å². The standard InChI is InChI=1S/C14H15N5O/c1-9-4-5-11(20-9)14-16-12(18-6-3-7-18)8-13-15-10(2)17-19(13)14/h4-5,8H,3,6-7H2,1-2H3. The summed E-state index contributed by atoms with van der Waals surface area (Å²) in [4.78, 5) is 11.4. The molecule has 4 heterocycles. The number of aryl methyl sites for hydroxylation is 2. The highest BCUT2D eigenvalue weighted by atomic mass is 16.3. The Labute approximate surface area is 116 Å². The molecule has 1 aliphatic rings. The average molecular weight is 269 g/mol. The predicted molar refractivity (Wildman–Crippen MR) is 74.8 cm³/mol. The Balaban J connectivity index is 1.95. The first-order chi connectivity index (χ1) is 9.70. The van der Waals surface area contributed by atoms with Crippen LogP contribution in [-0.2, 0) is 0 Å². The molecule has 0 atom stereocenters. The molecule has 4 rings (SSSR count). The number of hydrogen-bond donors (Lipinski definition) is 0. The fraction of sp³-hybridized carbons (Fsp3) is 0.357. The third kappa shape index (κ3) is 1.68. The molecular weight excluding hydrogens is 254 g/mol. The maximum atomic E-state index is 5.70. The van der Waals surface area contributed by atoms with E-state index in [0.29, 0.717) is 5.82 Å². The van der Waals surface area contributed by atoms with Gasteiger partial charge in [-0.25, -0.2) is 9.97 Å². The van der Waals surface area contributed by atoms with Gasteiger partial charge in [-0.05, 0) is 32.4 Å². The number of furan rings is 1. The Kier molecular flexibility index (Phi) is 2.33. The largest absolute Gasteiger partial charge is 0.458 e. The van der Waals surface area contributed by atoms with E-state index in [1.54, 1.807) is 4.52 Å². The van der Waals surface area contributed by atoms with Crippen molar-refractivity contribution in [2.45, 2.75) is 20.3 Å². The molecule has 1 fully saturated rings. The van der Waals surface area contributed by atoms with Crippen molar-refractivity contribution < 1.29 is 4.42 Å². The van der Waals surface area contributed by atoms with E-state index in [1.165, 1.54) is 6.42 Å². The second-order valence-electron chi connectivity index (χ2n) is 5.12. The molecule has 6 heteroatoms. The Bertz CT molecular complexity index is 784. The van der Waals surface area contributed by atoms with Crippen LogP contribution in [0, 0.1) is 13.8 Å². The summed E-state index contributed by atoms with van der Waals surface area (Å²) < 4.78 is 7.45. The van der Waals surface area contributed by atoms with Gasteiger partial charge in [-0.2, -0.15) is 4.52 Å². The van der Waals surface area contributed by atoms with Crippen LogP contribution >= 0.6 is 0 Å². The van der Waals surface area contributed by atoms with Crippen molar-refractivity contribution in [3.8, 4) is 11.6 Å². The minimum Gasteiger partial charge on any atom is -0.458 e. The second kappa shape index (κ2) is 4.06. The zero-order valence-electron chi connectivity index (χ0n) is 11.5. The van der Waals surface area contributed by atoms with E-state index in [4.69, 9.17) is 9.40 Å². The van der Waals surface area contributed by atoms with Gasteiger partial charge in [0.1, 0.15) is 17.4 Å². The molecule has 3 aromatic rings. The summed E-state index contributed by atoms with van der Waals surface area (Å²) in [5.41, 5.74) is 0.809. The molecule has 0 amide bonds. The molecule has 6 nitrogen and oxygen atoms in total. The summed E-state index contributed by atoms with van der Waals surface area (Å²) in [7, 11) is 0. The summed E-state index contributed by atoms with van der Waals surface area (Å²) in [6.45, 7) is 5.90. The molecule has 0 saturated carbocycles. The summed E-state index contributed by atoms with van der Waals surface area (Å²) in [6, 6.07) is 5.84. The average Bonchev–Trinajstić information content (AvgIpc) is 2.91. The van der Waals surface area contributed by atoms with Gasteiger partial charge in [0.2, 0.25) is 5.82 Å². The number of nitrogens with zero attached hydrogens (tertiary/aromatic N) is 5. The van der Waals surface area contributed by atoms with Gasteiger partial charge < -0.3 is 9.32 Å². The molecule has 3 aromatic heterocycles. The van der Waals surface area contributed by atoms with Gasteiger partial charge in [-0.3, -0.25) is 0 Å². The Morgan fingerprint density at radius 1 is 1.15 bits per heavy atom. The van der Waals surface area contributed by atoms with Gasteiger partial charge in [-0.15, -0.1) is 5.10 Å². The molecule has 0 aromatic carbocycles. The van der Waals surface area contributed by atoms with Gasteiger partial charge in [0.05, 0.1) is 0 Å². The van der Waals surface area contributed by atoms with Crippen molar-refractivity contribution in [3.63, 3.8) is 0 Å². The third-order valence-electron chi connectivity index (χ3n) is 3.56. The molecule has 0 spiro atoms. The Morgan fingerprint density at radius 2 is 2.00 bits per heavy atom. The topological polar surface area (TPSA) is 59.5 Å². The van der Waals surface area contributed by atoms with Gasteiger partial charge in [0.25, 0.3) is 0 Å². The van der Waals surface area contributed by atoms with Crippen LogP contribution in [0.2, 0.25) is 0 Å². The zero-order chi connectivity index (χ0) is 13.7. The lowest BCUT2D eigenvalue weighted by molar-refractivity contribution is 0.540. The molecule has 0 N–H and O–H groups in total. The van der Waals surface area contributed by atoms with E-state index in [-0.39, 0.29) is 0 Å². The SMILES string of the molecule is Cc1nc2cc(N3CCC3)nc(-c3ccc(C)o3)n2n1. The van der Waals surface area contributed by atoms with Crippen molar-refractivity contribution in [1.82, 2.24) is 19.6 Å². The smallest absolute Gasteiger partial charge is 0.200 e. The van der Waals surface area contributed by atoms with Crippen LogP contribution in [0.1, 0.15) is 18.0 Å². The lowest BCUT2D eigenvalue weighted by Crippen LogP contribution is -2.37. The van der Waals surface area contributed by atoms with E-state index in [0.717, 1.165) is 41.9 Å². The fourth-order valence-electron chi connectivity index (χ4n) is 2.41. The maximum Gasteiger partial charge on any atom is 0.200 e. The quantitative estimate of drug-likeness (QED) is 0.714. The molecule has 0 aliphatic carbocycles. The lowest BCUT2D eigenvalue weighted by atomic mass is 10.2. The third-order valence-corrected chi connectivity index (χ3v) is 3.56. The highest BCUT2D eigenvalue weighted by Crippen LogP contribution is 2.26. The first-order valence-corrected chi connectivity index (χ1v) is 6.77. The molecule has 0 bridgehead atoms. The Morgan fingerprint density at radius 3 is 2.65 bits per heavy atom. The highest BCUT2D eigenvalue weighted by Gasteiger charge is 2.20. The summed E-state index contributed by atoms with van der Waals surface area (Å²) in [5, 5.41) is 4.41. The second-order valence-corrected chi connectivity index (χ2v) is 5.12. The van der Waals surface area contributed by atoms with Crippen LogP contribution in [0.5, 0.6) is 0 Å². The van der Waals surface area contributed by atoms with Crippen molar-refractivity contribution in [3.05, 3.63) is 29.8 Å². The number of aromatic nitrogens is 4. The van der Waals surface area contributed by atoms with Gasteiger partial charge in [0.15, 0.2) is 11.4 Å². The van der Waals surface area contributed by atoms with Crippen LogP contribution in [0.25, 0.3) is 17.2 Å². The van der Waals surface area contributed by atoms with Crippen molar-refractivity contribution >= 4 is 11.5 Å². The minimum absolute atomic E-state index is 0.707. The number of rotatable bonds is 2. The van der Waals surface area contributed by atoms with Crippen LogP contribution in [-0.4, -0.2) is 32.7 Å². The highest BCUT2D eigenvalue weighted by molar-refractivity contribution is 5.61. The van der Waals surface area contributed by atoms with Crippen molar-refractivity contribution in [1.29, 1.82) is 0 Å². The van der Waals surface area contributed by atoms with E-state index in [9.17, 15) is 0 Å². The minimum atomic E-state index is 0.707. The summed E-state index contributed by atoms with van der Waals surface area (Å²) in [6.07, 6.45) is 1.22. The monoisotopic (exact) mass is 269 g/mol. The molecule has 102 valence electrons. The predicted octanol–water partition coefficient (Wildman–Crippen LogP) is 2.21. The number of hydrogen-bond acceptors (Lipinski definition) is 5. The molecule has 0 radical (unpaired) electrons. The lowest BCUT2D eigenvalue weighted by Gasteiger charge is -2.32. The zero-order valence-corrected chi connectivity index (χ0v) is 11.5. The maximum absolute atomic E-state index is 5.70. The van der Waals surface area contributed by atoms with Crippen LogP contribution < -0.4 is 4.90 Å². The van der Waals surface area contributed by atoms with Gasteiger partial charge >= 0.3 is 0 Å². The van der Waals surface area contributed by atoms with Crippen molar-refractivity contribution in [2.24, 2.45) is 0 Å². The van der Waals surface area contributed by atoms with Gasteiger partial charge in [-0.1, -0.05) is 0 Å². The molecular formula is C14H15N5O. The number of anilines is 1. The van der Waals surface area contributed by atoms with E-state index >= 15 is 0 Å². The summed E-state index contributed by atoms with van der Waals surface area (Å²) >= 11 is 0.